The minimum absolute atomic E-state index is 0.0234. The second-order valence-corrected chi connectivity index (χ2v) is 6.74. The number of rotatable bonds is 4. The van der Waals surface area contributed by atoms with Crippen molar-refractivity contribution in [3.05, 3.63) is 64.1 Å². The molecule has 0 saturated carbocycles. The highest BCUT2D eigenvalue weighted by atomic mass is 32.2. The lowest BCUT2D eigenvalue weighted by Gasteiger charge is -2.15. The van der Waals surface area contributed by atoms with Gasteiger partial charge in [-0.3, -0.25) is 9.59 Å². The highest BCUT2D eigenvalue weighted by Gasteiger charge is 2.15. The lowest BCUT2D eigenvalue weighted by molar-refractivity contribution is 0.0939. The van der Waals surface area contributed by atoms with Crippen molar-refractivity contribution in [1.29, 1.82) is 0 Å². The Labute approximate surface area is 133 Å². The molecule has 1 aromatic carbocycles. The molecule has 122 valence electrons. The molecule has 0 bridgehead atoms. The molecule has 2 aromatic rings. The third-order valence-corrected chi connectivity index (χ3v) is 4.31. The van der Waals surface area contributed by atoms with E-state index in [4.69, 9.17) is 5.14 Å². The van der Waals surface area contributed by atoms with Crippen LogP contribution in [-0.4, -0.2) is 18.9 Å². The first kappa shape index (κ1) is 16.9. The number of pyridine rings is 1. The maximum Gasteiger partial charge on any atom is 0.252 e. The molecular formula is C15H17N3O4S. The number of hydrogen-bond acceptors (Lipinski definition) is 4. The van der Waals surface area contributed by atoms with E-state index in [0.29, 0.717) is 5.56 Å². The SMILES string of the molecule is CC(NC(=O)c1ccn(C)c(=O)c1)c1cccc(S(N)(=O)=O)c1. The topological polar surface area (TPSA) is 111 Å². The lowest BCUT2D eigenvalue weighted by Crippen LogP contribution is -2.28. The maximum absolute atomic E-state index is 12.2. The van der Waals surface area contributed by atoms with Gasteiger partial charge < -0.3 is 9.88 Å². The normalized spacial score (nSPS) is 12.7. The number of amides is 1. The smallest absolute Gasteiger partial charge is 0.252 e. The number of aromatic nitrogens is 1. The van der Waals surface area contributed by atoms with Crippen molar-refractivity contribution in [3.8, 4) is 0 Å². The number of hydrogen-bond donors (Lipinski definition) is 2. The number of nitrogens with one attached hydrogen (secondary N) is 1. The molecule has 0 aliphatic heterocycles. The first-order valence-corrected chi connectivity index (χ1v) is 8.33. The van der Waals surface area contributed by atoms with E-state index in [0.717, 1.165) is 0 Å². The fourth-order valence-corrected chi connectivity index (χ4v) is 2.58. The third-order valence-electron chi connectivity index (χ3n) is 3.40. The van der Waals surface area contributed by atoms with Gasteiger partial charge in [0.1, 0.15) is 0 Å². The van der Waals surface area contributed by atoms with Crippen molar-refractivity contribution in [1.82, 2.24) is 9.88 Å². The minimum atomic E-state index is -3.81. The summed E-state index contributed by atoms with van der Waals surface area (Å²) in [5, 5.41) is 7.81. The Bertz CT molecular complexity index is 903. The molecule has 2 rings (SSSR count). The van der Waals surface area contributed by atoms with E-state index >= 15 is 0 Å². The van der Waals surface area contributed by atoms with Crippen molar-refractivity contribution in [2.24, 2.45) is 12.2 Å². The number of benzene rings is 1. The first-order valence-electron chi connectivity index (χ1n) is 6.79. The highest BCUT2D eigenvalue weighted by Crippen LogP contribution is 2.17. The van der Waals surface area contributed by atoms with Gasteiger partial charge in [0.2, 0.25) is 10.0 Å². The number of primary sulfonamides is 1. The first-order chi connectivity index (χ1) is 10.7. The highest BCUT2D eigenvalue weighted by molar-refractivity contribution is 7.89. The van der Waals surface area contributed by atoms with Crippen LogP contribution in [0.3, 0.4) is 0 Å². The molecule has 0 aliphatic rings. The Balaban J connectivity index is 2.21. The van der Waals surface area contributed by atoms with E-state index in [-0.39, 0.29) is 16.0 Å². The van der Waals surface area contributed by atoms with Gasteiger partial charge in [-0.05, 0) is 30.7 Å². The van der Waals surface area contributed by atoms with Gasteiger partial charge in [-0.15, -0.1) is 0 Å². The molecule has 7 nitrogen and oxygen atoms in total. The van der Waals surface area contributed by atoms with Gasteiger partial charge in [-0.25, -0.2) is 13.6 Å². The van der Waals surface area contributed by atoms with Crippen LogP contribution in [0.5, 0.6) is 0 Å². The van der Waals surface area contributed by atoms with Crippen molar-refractivity contribution in [3.63, 3.8) is 0 Å². The number of sulfonamides is 1. The van der Waals surface area contributed by atoms with Gasteiger partial charge >= 0.3 is 0 Å². The molecule has 8 heteroatoms. The summed E-state index contributed by atoms with van der Waals surface area (Å²) in [7, 11) is -2.22. The average molecular weight is 335 g/mol. The monoisotopic (exact) mass is 335 g/mol. The van der Waals surface area contributed by atoms with Gasteiger partial charge in [0, 0.05) is 24.9 Å². The molecule has 1 amide bonds. The molecule has 3 N–H and O–H groups in total. The Morgan fingerprint density at radius 3 is 2.57 bits per heavy atom. The zero-order valence-electron chi connectivity index (χ0n) is 12.7. The number of carbonyl (C=O) groups excluding carboxylic acids is 1. The quantitative estimate of drug-likeness (QED) is 0.848. The minimum Gasteiger partial charge on any atom is -0.346 e. The second kappa shape index (κ2) is 6.35. The Hall–Kier alpha value is -2.45. The number of carbonyl (C=O) groups is 1. The fourth-order valence-electron chi connectivity index (χ4n) is 2.01. The van der Waals surface area contributed by atoms with E-state index in [2.05, 4.69) is 5.32 Å². The van der Waals surface area contributed by atoms with Gasteiger partial charge in [0.05, 0.1) is 10.9 Å². The van der Waals surface area contributed by atoms with Crippen molar-refractivity contribution in [2.75, 3.05) is 0 Å². The molecule has 0 spiro atoms. The fraction of sp³-hybridized carbons (Fsp3) is 0.200. The van der Waals surface area contributed by atoms with Crippen LogP contribution < -0.4 is 16.0 Å². The summed E-state index contributed by atoms with van der Waals surface area (Å²) < 4.78 is 24.1. The summed E-state index contributed by atoms with van der Waals surface area (Å²) in [5.41, 5.74) is 0.540. The molecule has 0 aliphatic carbocycles. The predicted octanol–water partition coefficient (Wildman–Crippen LogP) is 0.524. The van der Waals surface area contributed by atoms with Gasteiger partial charge in [0.25, 0.3) is 11.5 Å². The molecule has 1 aromatic heterocycles. The largest absolute Gasteiger partial charge is 0.346 e. The van der Waals surface area contributed by atoms with Crippen LogP contribution in [0, 0.1) is 0 Å². The lowest BCUT2D eigenvalue weighted by atomic mass is 10.1. The standard InChI is InChI=1S/C15H17N3O4S/c1-10(11-4-3-5-13(8-11)23(16,21)22)17-15(20)12-6-7-18(2)14(19)9-12/h3-10H,1-2H3,(H,17,20)(H2,16,21,22). The van der Waals surface area contributed by atoms with Gasteiger partial charge in [-0.2, -0.15) is 0 Å². The number of nitrogens with two attached hydrogens (primary N) is 1. The summed E-state index contributed by atoms with van der Waals surface area (Å²) in [6, 6.07) is 8.35. The van der Waals surface area contributed by atoms with Crippen LogP contribution in [0.1, 0.15) is 28.9 Å². The molecular weight excluding hydrogens is 318 g/mol. The Morgan fingerprint density at radius 2 is 1.96 bits per heavy atom. The van der Waals surface area contributed by atoms with Crippen LogP contribution >= 0.6 is 0 Å². The zero-order chi connectivity index (χ0) is 17.2. The molecule has 0 saturated heterocycles. The average Bonchev–Trinajstić information content (AvgIpc) is 2.49. The van der Waals surface area contributed by atoms with E-state index in [1.165, 1.54) is 35.0 Å². The summed E-state index contributed by atoms with van der Waals surface area (Å²) in [5.74, 6) is -0.420. The van der Waals surface area contributed by atoms with Crippen molar-refractivity contribution in [2.45, 2.75) is 17.9 Å². The van der Waals surface area contributed by atoms with Crippen molar-refractivity contribution < 1.29 is 13.2 Å². The summed E-state index contributed by atoms with van der Waals surface area (Å²) >= 11 is 0. The zero-order valence-corrected chi connectivity index (χ0v) is 13.5. The van der Waals surface area contributed by atoms with Crippen LogP contribution in [0.25, 0.3) is 0 Å². The number of nitrogens with zero attached hydrogens (tertiary/aromatic N) is 1. The van der Waals surface area contributed by atoms with Gasteiger partial charge in [-0.1, -0.05) is 12.1 Å². The van der Waals surface area contributed by atoms with Crippen LogP contribution in [-0.2, 0) is 17.1 Å². The summed E-state index contributed by atoms with van der Waals surface area (Å²) in [6.45, 7) is 1.71. The molecule has 23 heavy (non-hydrogen) atoms. The second-order valence-electron chi connectivity index (χ2n) is 5.18. The predicted molar refractivity (Wildman–Crippen MR) is 85.4 cm³/mol. The Morgan fingerprint density at radius 1 is 1.26 bits per heavy atom. The van der Waals surface area contributed by atoms with E-state index < -0.39 is 22.0 Å². The molecule has 0 fully saturated rings. The van der Waals surface area contributed by atoms with Crippen molar-refractivity contribution >= 4 is 15.9 Å². The summed E-state index contributed by atoms with van der Waals surface area (Å²) in [4.78, 5) is 23.7. The van der Waals surface area contributed by atoms with Gasteiger partial charge in [0.15, 0.2) is 0 Å². The summed E-state index contributed by atoms with van der Waals surface area (Å²) in [6.07, 6.45) is 1.50. The van der Waals surface area contributed by atoms with E-state index in [9.17, 15) is 18.0 Å². The van der Waals surface area contributed by atoms with E-state index in [1.54, 1.807) is 26.1 Å². The molecule has 1 atom stereocenters. The Kier molecular flexibility index (Phi) is 4.67. The van der Waals surface area contributed by atoms with E-state index in [1.807, 2.05) is 0 Å². The van der Waals surface area contributed by atoms with Crippen LogP contribution in [0.15, 0.2) is 52.3 Å². The van der Waals surface area contributed by atoms with Crippen LogP contribution in [0.2, 0.25) is 0 Å². The number of aryl methyl sites for hydroxylation is 1. The van der Waals surface area contributed by atoms with Crippen LogP contribution in [0.4, 0.5) is 0 Å². The molecule has 0 radical (unpaired) electrons. The molecule has 1 unspecified atom stereocenters. The third kappa shape index (κ3) is 4.05. The maximum atomic E-state index is 12.2. The molecule has 1 heterocycles.